The third-order valence-electron chi connectivity index (χ3n) is 3.74. The molecule has 0 aliphatic heterocycles. The molecule has 2 N–H and O–H groups in total. The molecule has 3 aromatic heterocycles. The molecule has 0 fully saturated rings. The molecule has 1 atom stereocenters. The lowest BCUT2D eigenvalue weighted by Crippen LogP contribution is -2.25. The number of hydrogen-bond donors (Lipinski definition) is 2. The molecule has 0 unspecified atom stereocenters. The van der Waals surface area contributed by atoms with Crippen LogP contribution in [0, 0.1) is 0 Å². The van der Waals surface area contributed by atoms with E-state index in [0.29, 0.717) is 10.7 Å². The third-order valence-corrected chi connectivity index (χ3v) is 3.97. The zero-order valence-electron chi connectivity index (χ0n) is 12.5. The number of carboxylic acid groups (broad SMARTS) is 1. The van der Waals surface area contributed by atoms with Crippen molar-refractivity contribution in [2.45, 2.75) is 12.3 Å². The normalized spacial score (nSPS) is 12.4. The summed E-state index contributed by atoms with van der Waals surface area (Å²) in [6.45, 7) is 0. The van der Waals surface area contributed by atoms with Gasteiger partial charge in [-0.15, -0.1) is 0 Å². The van der Waals surface area contributed by atoms with Crippen molar-refractivity contribution < 1.29 is 15.0 Å². The van der Waals surface area contributed by atoms with Gasteiger partial charge in [0.15, 0.2) is 0 Å². The van der Waals surface area contributed by atoms with Gasteiger partial charge in [-0.1, -0.05) is 11.6 Å². The smallest absolute Gasteiger partial charge is 0.304 e. The van der Waals surface area contributed by atoms with E-state index in [1.165, 1.54) is 33.6 Å². The molecule has 0 bridgehead atoms. The van der Waals surface area contributed by atoms with Crippen LogP contribution < -0.4 is 5.56 Å². The van der Waals surface area contributed by atoms with Gasteiger partial charge in [-0.05, 0) is 18.2 Å². The van der Waals surface area contributed by atoms with Crippen molar-refractivity contribution in [3.8, 4) is 5.88 Å². The number of aromatic nitrogens is 4. The van der Waals surface area contributed by atoms with Gasteiger partial charge in [-0.3, -0.25) is 18.7 Å². The number of aromatic hydroxyl groups is 1. The Labute approximate surface area is 140 Å². The monoisotopic (exact) mass is 348 g/mol. The summed E-state index contributed by atoms with van der Waals surface area (Å²) in [5.74, 6) is -2.52. The van der Waals surface area contributed by atoms with Gasteiger partial charge in [-0.25, -0.2) is 0 Å². The average Bonchev–Trinajstić information content (AvgIpc) is 2.93. The standard InChI is InChI=1S/C15H13ClN4O4/c1-19-10(4-5-17-19)9(6-12(21)22)13-14(23)18-11-3-2-8(16)7-20(11)15(13)24/h2-5,7,9,23H,6H2,1H3,(H,21,22)/t9-/m0/s1. The number of hydrogen-bond acceptors (Lipinski definition) is 5. The maximum Gasteiger partial charge on any atom is 0.304 e. The molecule has 3 aromatic rings. The van der Waals surface area contributed by atoms with Crippen molar-refractivity contribution in [1.29, 1.82) is 0 Å². The van der Waals surface area contributed by atoms with E-state index in [2.05, 4.69) is 10.1 Å². The van der Waals surface area contributed by atoms with E-state index in [1.807, 2.05) is 0 Å². The first-order chi connectivity index (χ1) is 11.4. The second-order valence-electron chi connectivity index (χ2n) is 5.26. The molecule has 0 amide bonds. The van der Waals surface area contributed by atoms with Crippen LogP contribution in [-0.4, -0.2) is 35.3 Å². The maximum absolute atomic E-state index is 12.8. The highest BCUT2D eigenvalue weighted by atomic mass is 35.5. The van der Waals surface area contributed by atoms with Gasteiger partial charge in [0.05, 0.1) is 17.0 Å². The lowest BCUT2D eigenvalue weighted by Gasteiger charge is -2.16. The summed E-state index contributed by atoms with van der Waals surface area (Å²) in [4.78, 5) is 28.1. The fourth-order valence-electron chi connectivity index (χ4n) is 2.67. The van der Waals surface area contributed by atoms with Gasteiger partial charge in [-0.2, -0.15) is 10.1 Å². The van der Waals surface area contributed by atoms with Crippen molar-refractivity contribution in [3.05, 3.63) is 57.2 Å². The van der Waals surface area contributed by atoms with Gasteiger partial charge < -0.3 is 10.2 Å². The van der Waals surface area contributed by atoms with Crippen molar-refractivity contribution in [2.24, 2.45) is 7.05 Å². The minimum absolute atomic E-state index is 0.110. The predicted molar refractivity (Wildman–Crippen MR) is 85.4 cm³/mol. The summed E-state index contributed by atoms with van der Waals surface area (Å²) in [6, 6.07) is 4.63. The zero-order chi connectivity index (χ0) is 17.4. The lowest BCUT2D eigenvalue weighted by molar-refractivity contribution is -0.137. The molecule has 0 aliphatic rings. The van der Waals surface area contributed by atoms with Crippen LogP contribution in [0.5, 0.6) is 5.88 Å². The van der Waals surface area contributed by atoms with Crippen LogP contribution in [0.2, 0.25) is 5.02 Å². The maximum atomic E-state index is 12.8. The summed E-state index contributed by atoms with van der Waals surface area (Å²) in [6.07, 6.45) is 2.47. The van der Waals surface area contributed by atoms with Crippen molar-refractivity contribution in [2.75, 3.05) is 0 Å². The average molecular weight is 349 g/mol. The molecule has 0 saturated heterocycles. The Hall–Kier alpha value is -2.87. The fourth-order valence-corrected chi connectivity index (χ4v) is 2.84. The van der Waals surface area contributed by atoms with Crippen LogP contribution in [-0.2, 0) is 11.8 Å². The summed E-state index contributed by atoms with van der Waals surface area (Å²) in [5, 5.41) is 23.8. The Morgan fingerprint density at radius 3 is 2.75 bits per heavy atom. The van der Waals surface area contributed by atoms with E-state index in [1.54, 1.807) is 13.1 Å². The number of aliphatic carboxylic acids is 1. The number of aryl methyl sites for hydroxylation is 1. The number of carbonyl (C=O) groups is 1. The Morgan fingerprint density at radius 1 is 1.38 bits per heavy atom. The van der Waals surface area contributed by atoms with Crippen LogP contribution >= 0.6 is 11.6 Å². The van der Waals surface area contributed by atoms with E-state index < -0.39 is 29.7 Å². The topological polar surface area (TPSA) is 110 Å². The van der Waals surface area contributed by atoms with E-state index in [-0.39, 0.29) is 11.2 Å². The highest BCUT2D eigenvalue weighted by molar-refractivity contribution is 6.30. The van der Waals surface area contributed by atoms with Crippen LogP contribution in [0.15, 0.2) is 35.4 Å². The van der Waals surface area contributed by atoms with Crippen molar-refractivity contribution in [1.82, 2.24) is 19.2 Å². The second kappa shape index (κ2) is 5.97. The molecule has 3 rings (SSSR count). The minimum atomic E-state index is -1.11. The van der Waals surface area contributed by atoms with Gasteiger partial charge in [0.25, 0.3) is 5.56 Å². The molecular formula is C15H13ClN4O4. The van der Waals surface area contributed by atoms with Gasteiger partial charge in [0.1, 0.15) is 5.65 Å². The summed E-state index contributed by atoms with van der Waals surface area (Å²) in [5.41, 5.74) is 0.00604. The highest BCUT2D eigenvalue weighted by Gasteiger charge is 2.28. The van der Waals surface area contributed by atoms with Crippen molar-refractivity contribution in [3.63, 3.8) is 0 Å². The zero-order valence-corrected chi connectivity index (χ0v) is 13.3. The Bertz CT molecular complexity index is 995. The van der Waals surface area contributed by atoms with Gasteiger partial charge in [0.2, 0.25) is 5.88 Å². The summed E-state index contributed by atoms with van der Waals surface area (Å²) < 4.78 is 2.64. The number of halogens is 1. The minimum Gasteiger partial charge on any atom is -0.493 e. The Kier molecular flexibility index (Phi) is 3.98. The van der Waals surface area contributed by atoms with E-state index >= 15 is 0 Å². The molecule has 124 valence electrons. The Morgan fingerprint density at radius 2 is 2.12 bits per heavy atom. The van der Waals surface area contributed by atoms with Crippen LogP contribution in [0.4, 0.5) is 0 Å². The Balaban J connectivity index is 2.30. The molecule has 0 saturated carbocycles. The molecule has 0 aliphatic carbocycles. The molecular weight excluding hydrogens is 336 g/mol. The van der Waals surface area contributed by atoms with E-state index in [4.69, 9.17) is 11.6 Å². The predicted octanol–water partition coefficient (Wildman–Crippen LogP) is 1.39. The quantitative estimate of drug-likeness (QED) is 0.737. The molecule has 0 spiro atoms. The molecule has 0 aromatic carbocycles. The SMILES string of the molecule is Cn1nccc1[C@H](CC(=O)O)c1c(O)nc2ccc(Cl)cn2c1=O. The largest absolute Gasteiger partial charge is 0.493 e. The number of nitrogens with zero attached hydrogens (tertiary/aromatic N) is 4. The van der Waals surface area contributed by atoms with Crippen molar-refractivity contribution >= 4 is 23.2 Å². The number of carboxylic acids is 1. The summed E-state index contributed by atoms with van der Waals surface area (Å²) in [7, 11) is 1.63. The van der Waals surface area contributed by atoms with E-state index in [9.17, 15) is 19.8 Å². The number of rotatable bonds is 4. The first-order valence-electron chi connectivity index (χ1n) is 6.99. The fraction of sp³-hybridized carbons (Fsp3) is 0.200. The molecule has 8 nitrogen and oxygen atoms in total. The molecule has 0 radical (unpaired) electrons. The number of fused-ring (bicyclic) bond motifs is 1. The van der Waals surface area contributed by atoms with E-state index in [0.717, 1.165) is 0 Å². The third kappa shape index (κ3) is 2.71. The molecule has 9 heteroatoms. The first-order valence-corrected chi connectivity index (χ1v) is 7.36. The van der Waals surface area contributed by atoms with Gasteiger partial charge >= 0.3 is 5.97 Å². The molecule has 3 heterocycles. The van der Waals surface area contributed by atoms with Gasteiger partial charge in [0, 0.05) is 31.1 Å². The highest BCUT2D eigenvalue weighted by Crippen LogP contribution is 2.30. The number of pyridine rings is 1. The van der Waals surface area contributed by atoms with Crippen LogP contribution in [0.3, 0.4) is 0 Å². The summed E-state index contributed by atoms with van der Waals surface area (Å²) >= 11 is 5.91. The second-order valence-corrected chi connectivity index (χ2v) is 5.70. The lowest BCUT2D eigenvalue weighted by atomic mass is 9.93. The van der Waals surface area contributed by atoms with Crippen LogP contribution in [0.1, 0.15) is 23.6 Å². The van der Waals surface area contributed by atoms with Crippen LogP contribution in [0.25, 0.3) is 5.65 Å². The molecule has 24 heavy (non-hydrogen) atoms. The first kappa shape index (κ1) is 16.0.